The number of amidine groups is 1. The molecule has 30 heavy (non-hydrogen) atoms. The lowest BCUT2D eigenvalue weighted by Crippen LogP contribution is -2.33. The summed E-state index contributed by atoms with van der Waals surface area (Å²) in [5.74, 6) is 1.32. The van der Waals surface area contributed by atoms with Gasteiger partial charge in [-0.15, -0.1) is 10.2 Å². The van der Waals surface area contributed by atoms with Gasteiger partial charge in [-0.3, -0.25) is 18.9 Å². The lowest BCUT2D eigenvalue weighted by molar-refractivity contribution is -0.120. The molecule has 1 atom stereocenters. The predicted molar refractivity (Wildman–Crippen MR) is 115 cm³/mol. The Morgan fingerprint density at radius 3 is 2.87 bits per heavy atom. The number of nitrogens with one attached hydrogen (secondary N) is 2. The van der Waals surface area contributed by atoms with Gasteiger partial charge in [0.25, 0.3) is 10.0 Å². The Morgan fingerprint density at radius 2 is 2.03 bits per heavy atom. The number of hydrogen-bond donors (Lipinski definition) is 2. The van der Waals surface area contributed by atoms with Crippen molar-refractivity contribution in [1.29, 1.82) is 0 Å². The van der Waals surface area contributed by atoms with Gasteiger partial charge in [-0.2, -0.15) is 11.8 Å². The third-order valence-corrected chi connectivity index (χ3v) is 6.68. The maximum Gasteiger partial charge on any atom is 0.263 e. The maximum absolute atomic E-state index is 12.6. The molecule has 2 aromatic heterocycles. The Hall–Kier alpha value is -2.92. The zero-order valence-electron chi connectivity index (χ0n) is 16.1. The predicted octanol–water partition coefficient (Wildman–Crippen LogP) is 1.38. The molecule has 0 fully saturated rings. The fourth-order valence-corrected chi connectivity index (χ4v) is 4.96. The second kappa shape index (κ2) is 8.44. The number of pyridine rings is 1. The van der Waals surface area contributed by atoms with E-state index in [0.717, 1.165) is 5.75 Å². The number of thioether (sulfide) groups is 1. The molecule has 0 saturated carbocycles. The molecular formula is C19H20N6O3S2. The maximum atomic E-state index is 12.6. The van der Waals surface area contributed by atoms with Crippen LogP contribution < -0.4 is 10.0 Å². The van der Waals surface area contributed by atoms with Gasteiger partial charge in [0, 0.05) is 11.8 Å². The zero-order chi connectivity index (χ0) is 21.1. The monoisotopic (exact) mass is 444 g/mol. The Balaban J connectivity index is 1.52. The molecule has 11 heteroatoms. The van der Waals surface area contributed by atoms with Crippen molar-refractivity contribution in [3.8, 4) is 0 Å². The van der Waals surface area contributed by atoms with Gasteiger partial charge in [-0.05, 0) is 42.7 Å². The molecule has 1 aliphatic heterocycles. The van der Waals surface area contributed by atoms with Crippen LogP contribution >= 0.6 is 11.8 Å². The average molecular weight is 445 g/mol. The van der Waals surface area contributed by atoms with Crippen LogP contribution in [0.5, 0.6) is 0 Å². The molecule has 4 rings (SSSR count). The standard InChI is InChI=1S/C19H20N6O3S2/c1-29-11-9-14(19-23-22-16-8-4-5-10-25(16)19)21-17(26)12-20-18-13-6-2-3-7-15(13)30(27,28)24-18/h2-8,10,14H,9,11-12H2,1H3,(H,20,24)(H,21,26). The molecule has 3 aromatic rings. The van der Waals surface area contributed by atoms with Crippen LogP contribution in [0.4, 0.5) is 0 Å². The largest absolute Gasteiger partial charge is 0.344 e. The first kappa shape index (κ1) is 20.4. The quantitative estimate of drug-likeness (QED) is 0.568. The topological polar surface area (TPSA) is 118 Å². The number of rotatable bonds is 7. The first-order chi connectivity index (χ1) is 14.5. The molecule has 1 aromatic carbocycles. The van der Waals surface area contributed by atoms with E-state index in [1.165, 1.54) is 6.07 Å². The lowest BCUT2D eigenvalue weighted by Gasteiger charge is -2.16. The molecule has 0 bridgehead atoms. The Morgan fingerprint density at radius 1 is 1.23 bits per heavy atom. The van der Waals surface area contributed by atoms with Crippen molar-refractivity contribution in [2.45, 2.75) is 17.4 Å². The second-order valence-corrected chi connectivity index (χ2v) is 9.29. The number of benzene rings is 1. The minimum atomic E-state index is -3.63. The summed E-state index contributed by atoms with van der Waals surface area (Å²) < 4.78 is 28.6. The molecular weight excluding hydrogens is 424 g/mol. The number of sulfonamides is 1. The molecule has 0 spiro atoms. The molecule has 0 radical (unpaired) electrons. The molecule has 1 unspecified atom stereocenters. The van der Waals surface area contributed by atoms with Crippen molar-refractivity contribution < 1.29 is 13.2 Å². The highest BCUT2D eigenvalue weighted by Gasteiger charge is 2.30. The highest BCUT2D eigenvalue weighted by molar-refractivity contribution is 7.98. The van der Waals surface area contributed by atoms with E-state index in [0.29, 0.717) is 23.5 Å². The molecule has 1 amide bonds. The first-order valence-electron chi connectivity index (χ1n) is 9.24. The highest BCUT2D eigenvalue weighted by Crippen LogP contribution is 2.22. The molecule has 0 aliphatic carbocycles. The summed E-state index contributed by atoms with van der Waals surface area (Å²) in [6.45, 7) is -0.210. The van der Waals surface area contributed by atoms with E-state index in [4.69, 9.17) is 0 Å². The van der Waals surface area contributed by atoms with E-state index < -0.39 is 10.0 Å². The Bertz CT molecular complexity index is 1220. The summed E-state index contributed by atoms with van der Waals surface area (Å²) in [4.78, 5) is 17.0. The van der Waals surface area contributed by atoms with Crippen molar-refractivity contribution in [1.82, 2.24) is 24.6 Å². The zero-order valence-corrected chi connectivity index (χ0v) is 17.8. The number of hydrogen-bond acceptors (Lipinski definition) is 7. The van der Waals surface area contributed by atoms with Crippen LogP contribution in [0.25, 0.3) is 5.65 Å². The number of carbonyl (C=O) groups excluding carboxylic acids is 1. The van der Waals surface area contributed by atoms with E-state index in [1.54, 1.807) is 30.0 Å². The SMILES string of the molecule is CSCCC(NC(=O)CN=C1NS(=O)(=O)c2ccccc21)c1nnc2ccccn12. The number of nitrogens with zero attached hydrogens (tertiary/aromatic N) is 4. The smallest absolute Gasteiger partial charge is 0.263 e. The van der Waals surface area contributed by atoms with Crippen LogP contribution in [0.3, 0.4) is 0 Å². The van der Waals surface area contributed by atoms with Crippen LogP contribution in [0.2, 0.25) is 0 Å². The molecule has 3 heterocycles. The fourth-order valence-electron chi connectivity index (χ4n) is 3.24. The summed E-state index contributed by atoms with van der Waals surface area (Å²) >= 11 is 1.67. The Labute approximate surface area is 178 Å². The van der Waals surface area contributed by atoms with Crippen LogP contribution in [0.15, 0.2) is 58.5 Å². The Kier molecular flexibility index (Phi) is 5.73. The summed E-state index contributed by atoms with van der Waals surface area (Å²) in [6, 6.07) is 11.8. The van der Waals surface area contributed by atoms with Gasteiger partial charge < -0.3 is 5.32 Å². The lowest BCUT2D eigenvalue weighted by atomic mass is 10.2. The summed E-state index contributed by atoms with van der Waals surface area (Å²) in [7, 11) is -3.63. The number of aliphatic imine (C=N–C) groups is 1. The van der Waals surface area contributed by atoms with Crippen LogP contribution in [-0.4, -0.2) is 53.3 Å². The van der Waals surface area contributed by atoms with Crippen molar-refractivity contribution in [3.05, 3.63) is 60.0 Å². The van der Waals surface area contributed by atoms with E-state index in [1.807, 2.05) is 35.1 Å². The molecule has 1 aliphatic rings. The highest BCUT2D eigenvalue weighted by atomic mass is 32.2. The van der Waals surface area contributed by atoms with E-state index in [2.05, 4.69) is 25.2 Å². The van der Waals surface area contributed by atoms with Crippen LogP contribution in [-0.2, 0) is 14.8 Å². The van der Waals surface area contributed by atoms with Crippen molar-refractivity contribution >= 4 is 39.2 Å². The van der Waals surface area contributed by atoms with Crippen molar-refractivity contribution in [3.63, 3.8) is 0 Å². The van der Waals surface area contributed by atoms with Gasteiger partial charge in [0.15, 0.2) is 11.5 Å². The number of carbonyl (C=O) groups is 1. The van der Waals surface area contributed by atoms with Gasteiger partial charge in [-0.25, -0.2) is 8.42 Å². The van der Waals surface area contributed by atoms with Gasteiger partial charge in [0.2, 0.25) is 5.91 Å². The average Bonchev–Trinajstić information content (AvgIpc) is 3.28. The van der Waals surface area contributed by atoms with Crippen LogP contribution in [0, 0.1) is 0 Å². The minimum absolute atomic E-state index is 0.164. The van der Waals surface area contributed by atoms with Gasteiger partial charge in [0.1, 0.15) is 12.4 Å². The summed E-state index contributed by atoms with van der Waals surface area (Å²) in [6.07, 6.45) is 4.53. The molecule has 156 valence electrons. The van der Waals surface area contributed by atoms with Crippen molar-refractivity contribution in [2.75, 3.05) is 18.6 Å². The number of aromatic nitrogens is 3. The second-order valence-electron chi connectivity index (χ2n) is 6.66. The van der Waals surface area contributed by atoms with Crippen molar-refractivity contribution in [2.24, 2.45) is 4.99 Å². The third-order valence-electron chi connectivity index (χ3n) is 4.64. The van der Waals surface area contributed by atoms with E-state index in [9.17, 15) is 13.2 Å². The minimum Gasteiger partial charge on any atom is -0.344 e. The van der Waals surface area contributed by atoms with Gasteiger partial charge in [0.05, 0.1) is 10.9 Å². The molecule has 9 nitrogen and oxygen atoms in total. The fraction of sp³-hybridized carbons (Fsp3) is 0.263. The van der Waals surface area contributed by atoms with Crippen LogP contribution in [0.1, 0.15) is 23.9 Å². The third kappa shape index (κ3) is 4.03. The van der Waals surface area contributed by atoms with E-state index >= 15 is 0 Å². The number of amides is 1. The van der Waals surface area contributed by atoms with E-state index in [-0.39, 0.29) is 29.2 Å². The molecule has 2 N–H and O–H groups in total. The van der Waals surface area contributed by atoms with Gasteiger partial charge in [-0.1, -0.05) is 18.2 Å². The number of fused-ring (bicyclic) bond motifs is 2. The molecule has 0 saturated heterocycles. The normalized spacial score (nSPS) is 16.9. The summed E-state index contributed by atoms with van der Waals surface area (Å²) in [5.41, 5.74) is 1.17. The summed E-state index contributed by atoms with van der Waals surface area (Å²) in [5, 5.41) is 11.4. The first-order valence-corrected chi connectivity index (χ1v) is 12.1. The van der Waals surface area contributed by atoms with Gasteiger partial charge >= 0.3 is 0 Å².